The van der Waals surface area contributed by atoms with Crippen LogP contribution in [0.25, 0.3) is 0 Å². The predicted octanol–water partition coefficient (Wildman–Crippen LogP) is 2.09. The smallest absolute Gasteiger partial charge is 0.267 e. The number of amides is 1. The van der Waals surface area contributed by atoms with Crippen LogP contribution >= 0.6 is 0 Å². The van der Waals surface area contributed by atoms with Crippen molar-refractivity contribution in [1.82, 2.24) is 14.2 Å². The van der Waals surface area contributed by atoms with E-state index in [1.807, 2.05) is 30.3 Å². The van der Waals surface area contributed by atoms with Gasteiger partial charge in [0.25, 0.3) is 5.91 Å². The van der Waals surface area contributed by atoms with Crippen molar-refractivity contribution < 1.29 is 13.2 Å². The zero-order valence-corrected chi connectivity index (χ0v) is 16.1. The summed E-state index contributed by atoms with van der Waals surface area (Å²) in [5, 5.41) is 2.88. The maximum Gasteiger partial charge on any atom is 0.267 e. The van der Waals surface area contributed by atoms with Crippen LogP contribution in [0.3, 0.4) is 0 Å². The number of nitrogens with one attached hydrogen (secondary N) is 1. The fraction of sp³-hybridized carbons (Fsp3) is 0.421. The molecule has 0 saturated carbocycles. The zero-order valence-electron chi connectivity index (χ0n) is 15.2. The lowest BCUT2D eigenvalue weighted by molar-refractivity contribution is 0.0946. The molecule has 0 spiro atoms. The topological polar surface area (TPSA) is 71.4 Å². The van der Waals surface area contributed by atoms with Gasteiger partial charge in [-0.15, -0.1) is 0 Å². The molecule has 1 aliphatic rings. The molecule has 2 aromatic rings. The minimum atomic E-state index is -3.54. The van der Waals surface area contributed by atoms with Crippen molar-refractivity contribution in [1.29, 1.82) is 0 Å². The molecule has 1 fully saturated rings. The Labute approximate surface area is 154 Å². The normalized spacial score (nSPS) is 15.3. The maximum absolute atomic E-state index is 12.8. The molecule has 2 heterocycles. The molecule has 3 rings (SSSR count). The van der Waals surface area contributed by atoms with Gasteiger partial charge in [-0.1, -0.05) is 30.3 Å². The Bertz CT molecular complexity index is 882. The van der Waals surface area contributed by atoms with Crippen LogP contribution in [0, 0.1) is 6.92 Å². The SMILES string of the molecule is Cc1c(S(=O)(=O)N2CCCC2)cc(C(=O)NCCc2ccccc2)n1C. The third-order valence-electron chi connectivity index (χ3n) is 4.95. The second kappa shape index (κ2) is 7.63. The summed E-state index contributed by atoms with van der Waals surface area (Å²) in [6.07, 6.45) is 2.50. The van der Waals surface area contributed by atoms with E-state index in [-0.39, 0.29) is 10.8 Å². The molecule has 1 N–H and O–H groups in total. The van der Waals surface area contributed by atoms with Gasteiger partial charge in [-0.05, 0) is 37.8 Å². The number of benzene rings is 1. The molecule has 1 aromatic carbocycles. The largest absolute Gasteiger partial charge is 0.350 e. The summed E-state index contributed by atoms with van der Waals surface area (Å²) in [5.74, 6) is -0.255. The minimum Gasteiger partial charge on any atom is -0.350 e. The molecule has 0 bridgehead atoms. The van der Waals surface area contributed by atoms with Crippen LogP contribution < -0.4 is 5.32 Å². The lowest BCUT2D eigenvalue weighted by Gasteiger charge is -2.15. The van der Waals surface area contributed by atoms with E-state index in [2.05, 4.69) is 5.32 Å². The van der Waals surface area contributed by atoms with Gasteiger partial charge in [0.2, 0.25) is 10.0 Å². The first-order chi connectivity index (χ1) is 12.4. The molecule has 6 nitrogen and oxygen atoms in total. The van der Waals surface area contributed by atoms with E-state index in [1.54, 1.807) is 18.5 Å². The molecule has 0 unspecified atom stereocenters. The first-order valence-electron chi connectivity index (χ1n) is 8.90. The van der Waals surface area contributed by atoms with Crippen molar-refractivity contribution in [3.8, 4) is 0 Å². The van der Waals surface area contributed by atoms with Crippen molar-refractivity contribution in [3.05, 3.63) is 53.3 Å². The van der Waals surface area contributed by atoms with E-state index in [9.17, 15) is 13.2 Å². The fourth-order valence-corrected chi connectivity index (χ4v) is 5.06. The summed E-state index contributed by atoms with van der Waals surface area (Å²) in [4.78, 5) is 12.8. The second-order valence-electron chi connectivity index (χ2n) is 6.64. The van der Waals surface area contributed by atoms with Crippen LogP contribution in [0.2, 0.25) is 0 Å². The summed E-state index contributed by atoms with van der Waals surface area (Å²) in [6.45, 7) is 3.34. The summed E-state index contributed by atoms with van der Waals surface area (Å²) in [7, 11) is -1.81. The number of rotatable bonds is 6. The highest BCUT2D eigenvalue weighted by Gasteiger charge is 2.31. The van der Waals surface area contributed by atoms with Gasteiger partial charge in [0.05, 0.1) is 0 Å². The van der Waals surface area contributed by atoms with Gasteiger partial charge in [0.15, 0.2) is 0 Å². The van der Waals surface area contributed by atoms with Crippen molar-refractivity contribution in [2.45, 2.75) is 31.1 Å². The van der Waals surface area contributed by atoms with Gasteiger partial charge in [0.1, 0.15) is 10.6 Å². The highest BCUT2D eigenvalue weighted by Crippen LogP contribution is 2.26. The molecule has 1 saturated heterocycles. The number of aromatic nitrogens is 1. The van der Waals surface area contributed by atoms with E-state index < -0.39 is 10.0 Å². The van der Waals surface area contributed by atoms with E-state index in [0.29, 0.717) is 31.0 Å². The summed E-state index contributed by atoms with van der Waals surface area (Å²) >= 11 is 0. The van der Waals surface area contributed by atoms with Crippen LogP contribution in [-0.2, 0) is 23.5 Å². The molecular formula is C19H25N3O3S. The van der Waals surface area contributed by atoms with Gasteiger partial charge in [-0.2, -0.15) is 4.31 Å². The molecule has 0 aliphatic carbocycles. The van der Waals surface area contributed by atoms with Gasteiger partial charge >= 0.3 is 0 Å². The number of carbonyl (C=O) groups is 1. The Hall–Kier alpha value is -2.12. The van der Waals surface area contributed by atoms with E-state index in [4.69, 9.17) is 0 Å². The fourth-order valence-electron chi connectivity index (χ4n) is 3.27. The molecule has 1 aliphatic heterocycles. The third kappa shape index (κ3) is 3.68. The van der Waals surface area contributed by atoms with Crippen molar-refractivity contribution >= 4 is 15.9 Å². The summed E-state index contributed by atoms with van der Waals surface area (Å²) < 4.78 is 28.8. The third-order valence-corrected chi connectivity index (χ3v) is 6.96. The van der Waals surface area contributed by atoms with Crippen LogP contribution in [0.1, 0.15) is 34.6 Å². The van der Waals surface area contributed by atoms with Crippen molar-refractivity contribution in [3.63, 3.8) is 0 Å². The standard InChI is InChI=1S/C19H25N3O3S/c1-15-18(26(24,25)22-12-6-7-13-22)14-17(21(15)2)19(23)20-11-10-16-8-4-3-5-9-16/h3-5,8-9,14H,6-7,10-13H2,1-2H3,(H,20,23). The molecule has 0 atom stereocenters. The van der Waals surface area contributed by atoms with E-state index in [1.165, 1.54) is 10.4 Å². The Morgan fingerprint density at radius 1 is 1.15 bits per heavy atom. The molecular weight excluding hydrogens is 350 g/mol. The first kappa shape index (κ1) is 18.7. The van der Waals surface area contributed by atoms with E-state index >= 15 is 0 Å². The highest BCUT2D eigenvalue weighted by atomic mass is 32.2. The summed E-state index contributed by atoms with van der Waals surface area (Å²) in [6, 6.07) is 11.4. The minimum absolute atomic E-state index is 0.232. The Balaban J connectivity index is 1.73. The quantitative estimate of drug-likeness (QED) is 0.840. The van der Waals surface area contributed by atoms with E-state index in [0.717, 1.165) is 24.8 Å². The first-order valence-corrected chi connectivity index (χ1v) is 10.3. The predicted molar refractivity (Wildman–Crippen MR) is 101 cm³/mol. The lowest BCUT2D eigenvalue weighted by Crippen LogP contribution is -2.28. The van der Waals surface area contributed by atoms with Crippen molar-refractivity contribution in [2.24, 2.45) is 7.05 Å². The lowest BCUT2D eigenvalue weighted by atomic mass is 10.1. The van der Waals surface area contributed by atoms with Crippen LogP contribution in [0.4, 0.5) is 0 Å². The number of hydrogen-bond acceptors (Lipinski definition) is 3. The molecule has 0 radical (unpaired) electrons. The van der Waals surface area contributed by atoms with Gasteiger partial charge in [-0.25, -0.2) is 8.42 Å². The average molecular weight is 375 g/mol. The number of carbonyl (C=O) groups excluding carboxylic acids is 1. The molecule has 1 aromatic heterocycles. The number of hydrogen-bond donors (Lipinski definition) is 1. The monoisotopic (exact) mass is 375 g/mol. The van der Waals surface area contributed by atoms with Crippen molar-refractivity contribution in [2.75, 3.05) is 19.6 Å². The Morgan fingerprint density at radius 2 is 1.81 bits per heavy atom. The molecule has 140 valence electrons. The molecule has 7 heteroatoms. The zero-order chi connectivity index (χ0) is 18.7. The molecule has 1 amide bonds. The highest BCUT2D eigenvalue weighted by molar-refractivity contribution is 7.89. The Morgan fingerprint density at radius 3 is 2.46 bits per heavy atom. The van der Waals surface area contributed by atoms with Crippen LogP contribution in [0.15, 0.2) is 41.3 Å². The van der Waals surface area contributed by atoms with Gasteiger partial charge in [-0.3, -0.25) is 4.79 Å². The molecule has 26 heavy (non-hydrogen) atoms. The average Bonchev–Trinajstić information content (AvgIpc) is 3.26. The van der Waals surface area contributed by atoms with Gasteiger partial charge in [0, 0.05) is 32.4 Å². The van der Waals surface area contributed by atoms with Crippen LogP contribution in [0.5, 0.6) is 0 Å². The number of nitrogens with zero attached hydrogens (tertiary/aromatic N) is 2. The van der Waals surface area contributed by atoms with Crippen LogP contribution in [-0.4, -0.2) is 42.8 Å². The second-order valence-corrected chi connectivity index (χ2v) is 8.55. The summed E-state index contributed by atoms with van der Waals surface area (Å²) in [5.41, 5.74) is 2.10. The number of sulfonamides is 1. The Kier molecular flexibility index (Phi) is 5.48. The maximum atomic E-state index is 12.8. The van der Waals surface area contributed by atoms with Gasteiger partial charge < -0.3 is 9.88 Å².